The van der Waals surface area contributed by atoms with Gasteiger partial charge in [-0.25, -0.2) is 0 Å². The summed E-state index contributed by atoms with van der Waals surface area (Å²) in [5.74, 6) is 0. The maximum Gasteiger partial charge on any atom is 0.0598 e. The number of nitrogens with one attached hydrogen (secondary N) is 1. The molecule has 0 aromatic rings. The van der Waals surface area contributed by atoms with Crippen molar-refractivity contribution in [3.05, 3.63) is 0 Å². The van der Waals surface area contributed by atoms with E-state index in [0.29, 0.717) is 6.04 Å². The van der Waals surface area contributed by atoms with E-state index in [9.17, 15) is 0 Å². The Balaban J connectivity index is 3.42. The van der Waals surface area contributed by atoms with Crippen LogP contribution in [0.4, 0.5) is 0 Å². The molecule has 1 atom stereocenters. The Morgan fingerprint density at radius 3 is 2.29 bits per heavy atom. The quantitative estimate of drug-likeness (QED) is 0.639. The van der Waals surface area contributed by atoms with Gasteiger partial charge in [0.05, 0.1) is 5.60 Å². The summed E-state index contributed by atoms with van der Waals surface area (Å²) in [7, 11) is 0. The first-order valence-corrected chi connectivity index (χ1v) is 5.87. The topological polar surface area (TPSA) is 21.3 Å². The van der Waals surface area contributed by atoms with Crippen LogP contribution in [0.15, 0.2) is 0 Å². The van der Waals surface area contributed by atoms with Crippen molar-refractivity contribution in [3.63, 3.8) is 0 Å². The van der Waals surface area contributed by atoms with Crippen molar-refractivity contribution < 1.29 is 4.74 Å². The van der Waals surface area contributed by atoms with Gasteiger partial charge in [0.15, 0.2) is 0 Å². The minimum atomic E-state index is 0.0138. The fourth-order valence-electron chi connectivity index (χ4n) is 1.45. The predicted octanol–water partition coefficient (Wildman–Crippen LogP) is 2.97. The lowest BCUT2D eigenvalue weighted by molar-refractivity contribution is -0.00539. The van der Waals surface area contributed by atoms with Gasteiger partial charge < -0.3 is 10.1 Å². The van der Waals surface area contributed by atoms with Gasteiger partial charge in [0.2, 0.25) is 0 Å². The summed E-state index contributed by atoms with van der Waals surface area (Å²) in [5.41, 5.74) is 0.0138. The van der Waals surface area contributed by atoms with E-state index in [0.717, 1.165) is 19.6 Å². The third-order valence-electron chi connectivity index (χ3n) is 2.22. The molecule has 0 aromatic heterocycles. The highest BCUT2D eigenvalue weighted by Crippen LogP contribution is 2.09. The lowest BCUT2D eigenvalue weighted by Gasteiger charge is -2.21. The Morgan fingerprint density at radius 1 is 1.21 bits per heavy atom. The third-order valence-corrected chi connectivity index (χ3v) is 2.22. The molecule has 86 valence electrons. The normalized spacial score (nSPS) is 14.4. The first kappa shape index (κ1) is 13.9. The zero-order valence-corrected chi connectivity index (χ0v) is 10.5. The van der Waals surface area contributed by atoms with Gasteiger partial charge in [0.25, 0.3) is 0 Å². The molecule has 0 aliphatic carbocycles. The van der Waals surface area contributed by atoms with Gasteiger partial charge in [-0.1, -0.05) is 13.8 Å². The van der Waals surface area contributed by atoms with E-state index in [2.05, 4.69) is 39.9 Å². The largest absolute Gasteiger partial charge is 0.376 e. The first-order chi connectivity index (χ1) is 6.49. The summed E-state index contributed by atoms with van der Waals surface area (Å²) < 4.78 is 5.67. The average Bonchev–Trinajstić information content (AvgIpc) is 2.08. The molecule has 0 fully saturated rings. The molecule has 0 amide bonds. The highest BCUT2D eigenvalue weighted by Gasteiger charge is 2.10. The van der Waals surface area contributed by atoms with E-state index in [-0.39, 0.29) is 5.60 Å². The fraction of sp³-hybridized carbons (Fsp3) is 1.00. The molecule has 0 rings (SSSR count). The van der Waals surface area contributed by atoms with Gasteiger partial charge in [-0.05, 0) is 46.6 Å². The highest BCUT2D eigenvalue weighted by molar-refractivity contribution is 4.64. The maximum atomic E-state index is 5.67. The Kier molecular flexibility index (Phi) is 7.20. The highest BCUT2D eigenvalue weighted by atomic mass is 16.5. The van der Waals surface area contributed by atoms with E-state index in [4.69, 9.17) is 4.74 Å². The summed E-state index contributed by atoms with van der Waals surface area (Å²) in [6.45, 7) is 12.7. The summed E-state index contributed by atoms with van der Waals surface area (Å²) in [5, 5.41) is 3.47. The molecule has 2 heteroatoms. The van der Waals surface area contributed by atoms with E-state index >= 15 is 0 Å². The molecule has 0 aliphatic rings. The van der Waals surface area contributed by atoms with Crippen molar-refractivity contribution in [1.82, 2.24) is 5.32 Å². The minimum Gasteiger partial charge on any atom is -0.376 e. The Bertz CT molecular complexity index is 129. The smallest absolute Gasteiger partial charge is 0.0598 e. The van der Waals surface area contributed by atoms with Crippen molar-refractivity contribution in [1.29, 1.82) is 0 Å². The summed E-state index contributed by atoms with van der Waals surface area (Å²) in [6.07, 6.45) is 3.59. The van der Waals surface area contributed by atoms with E-state index in [1.807, 2.05) is 0 Å². The minimum absolute atomic E-state index is 0.0138. The van der Waals surface area contributed by atoms with Crippen LogP contribution < -0.4 is 5.32 Å². The van der Waals surface area contributed by atoms with Crippen LogP contribution in [0.25, 0.3) is 0 Å². The van der Waals surface area contributed by atoms with Crippen molar-refractivity contribution in [3.8, 4) is 0 Å². The lowest BCUT2D eigenvalue weighted by Crippen LogP contribution is -2.28. The number of rotatable bonds is 7. The Hall–Kier alpha value is -0.0800. The van der Waals surface area contributed by atoms with Crippen molar-refractivity contribution in [2.24, 2.45) is 0 Å². The first-order valence-electron chi connectivity index (χ1n) is 5.87. The summed E-state index contributed by atoms with van der Waals surface area (Å²) in [4.78, 5) is 0. The molecule has 0 aromatic carbocycles. The molecule has 1 N–H and O–H groups in total. The molecular weight excluding hydrogens is 174 g/mol. The lowest BCUT2D eigenvalue weighted by atomic mass is 10.1. The number of hydrogen-bond donors (Lipinski definition) is 1. The van der Waals surface area contributed by atoms with Crippen LogP contribution in [-0.4, -0.2) is 24.8 Å². The molecule has 0 bridgehead atoms. The molecule has 0 radical (unpaired) electrons. The number of hydrogen-bond acceptors (Lipinski definition) is 2. The molecule has 2 nitrogen and oxygen atoms in total. The molecule has 1 unspecified atom stereocenters. The van der Waals surface area contributed by atoms with E-state index in [1.54, 1.807) is 0 Å². The summed E-state index contributed by atoms with van der Waals surface area (Å²) in [6, 6.07) is 0.670. The van der Waals surface area contributed by atoms with Gasteiger partial charge in [-0.3, -0.25) is 0 Å². The molecule has 0 aliphatic heterocycles. The van der Waals surface area contributed by atoms with E-state index in [1.165, 1.54) is 12.8 Å². The zero-order chi connectivity index (χ0) is 11.0. The van der Waals surface area contributed by atoms with Crippen LogP contribution in [0.2, 0.25) is 0 Å². The van der Waals surface area contributed by atoms with Crippen molar-refractivity contribution in [2.45, 2.75) is 65.5 Å². The monoisotopic (exact) mass is 201 g/mol. The van der Waals surface area contributed by atoms with Gasteiger partial charge in [-0.2, -0.15) is 0 Å². The molecule has 0 saturated carbocycles. The summed E-state index contributed by atoms with van der Waals surface area (Å²) >= 11 is 0. The molecule has 0 spiro atoms. The van der Waals surface area contributed by atoms with Crippen LogP contribution in [-0.2, 0) is 4.74 Å². The molecule has 0 saturated heterocycles. The van der Waals surface area contributed by atoms with Crippen LogP contribution in [0.3, 0.4) is 0 Å². The van der Waals surface area contributed by atoms with Crippen molar-refractivity contribution in [2.75, 3.05) is 13.2 Å². The average molecular weight is 201 g/mol. The number of ether oxygens (including phenoxy) is 1. The SMILES string of the molecule is CCNC(CC)CCCOC(C)(C)C. The van der Waals surface area contributed by atoms with Crippen molar-refractivity contribution >= 4 is 0 Å². The molecular formula is C12H27NO. The standard InChI is InChI=1S/C12H27NO/c1-6-11(13-7-2)9-8-10-14-12(3,4)5/h11,13H,6-10H2,1-5H3. The van der Waals surface area contributed by atoms with Gasteiger partial charge in [0.1, 0.15) is 0 Å². The van der Waals surface area contributed by atoms with Crippen LogP contribution in [0.1, 0.15) is 53.9 Å². The predicted molar refractivity (Wildman–Crippen MR) is 62.7 cm³/mol. The second-order valence-corrected chi connectivity index (χ2v) is 4.77. The van der Waals surface area contributed by atoms with Gasteiger partial charge in [-0.15, -0.1) is 0 Å². The van der Waals surface area contributed by atoms with Crippen LogP contribution in [0, 0.1) is 0 Å². The van der Waals surface area contributed by atoms with Crippen LogP contribution >= 0.6 is 0 Å². The maximum absolute atomic E-state index is 5.67. The molecule has 0 heterocycles. The second-order valence-electron chi connectivity index (χ2n) is 4.77. The fourth-order valence-corrected chi connectivity index (χ4v) is 1.45. The van der Waals surface area contributed by atoms with Gasteiger partial charge in [0, 0.05) is 12.6 Å². The molecule has 14 heavy (non-hydrogen) atoms. The third kappa shape index (κ3) is 8.52. The zero-order valence-electron chi connectivity index (χ0n) is 10.5. The van der Waals surface area contributed by atoms with E-state index < -0.39 is 0 Å². The van der Waals surface area contributed by atoms with Gasteiger partial charge >= 0.3 is 0 Å². The van der Waals surface area contributed by atoms with Crippen LogP contribution in [0.5, 0.6) is 0 Å². The Morgan fingerprint density at radius 2 is 1.86 bits per heavy atom. The Labute approximate surface area is 89.4 Å². The second kappa shape index (κ2) is 7.24.